The van der Waals surface area contributed by atoms with Crippen LogP contribution in [0.25, 0.3) is 0 Å². The van der Waals surface area contributed by atoms with Crippen molar-refractivity contribution in [2.45, 2.75) is 6.92 Å². The Morgan fingerprint density at radius 2 is 1.79 bits per heavy atom. The molecule has 14 heavy (non-hydrogen) atoms. The van der Waals surface area contributed by atoms with Gasteiger partial charge in [0, 0.05) is 44.3 Å². The fourth-order valence-electron chi connectivity index (χ4n) is 1.88. The summed E-state index contributed by atoms with van der Waals surface area (Å²) in [6.45, 7) is 8.03. The molecule has 0 atom stereocenters. The number of nitrogens with zero attached hydrogens (tertiary/aromatic N) is 3. The van der Waals surface area contributed by atoms with E-state index in [1.165, 1.54) is 25.3 Å². The normalized spacial score (nSPS) is 18.5. The lowest BCUT2D eigenvalue weighted by Gasteiger charge is -2.35. The van der Waals surface area contributed by atoms with Crippen molar-refractivity contribution in [3.8, 4) is 0 Å². The highest BCUT2D eigenvalue weighted by atomic mass is 15.3. The molecule has 76 valence electrons. The fraction of sp³-hybridized carbons (Fsp3) is 0.545. The smallest absolute Gasteiger partial charge is 0.0397 e. The molecular formula is C11H17N3. The maximum Gasteiger partial charge on any atom is 0.0397 e. The molecule has 0 aromatic carbocycles. The second-order valence-electron chi connectivity index (χ2n) is 3.63. The molecule has 0 unspecified atom stereocenters. The number of hydrogen-bond acceptors (Lipinski definition) is 3. The Morgan fingerprint density at radius 3 is 2.36 bits per heavy atom. The third kappa shape index (κ3) is 2.04. The molecular weight excluding hydrogens is 174 g/mol. The van der Waals surface area contributed by atoms with Gasteiger partial charge >= 0.3 is 0 Å². The second kappa shape index (κ2) is 4.42. The highest BCUT2D eigenvalue weighted by Gasteiger charge is 2.14. The predicted molar refractivity (Wildman–Crippen MR) is 58.6 cm³/mol. The van der Waals surface area contributed by atoms with E-state index in [9.17, 15) is 0 Å². The van der Waals surface area contributed by atoms with Crippen LogP contribution in [-0.4, -0.2) is 42.6 Å². The highest BCUT2D eigenvalue weighted by molar-refractivity contribution is 5.44. The van der Waals surface area contributed by atoms with Gasteiger partial charge in [0.05, 0.1) is 0 Å². The first-order chi connectivity index (χ1) is 6.90. The van der Waals surface area contributed by atoms with E-state index in [1.54, 1.807) is 0 Å². The zero-order valence-corrected chi connectivity index (χ0v) is 8.69. The largest absolute Gasteiger partial charge is 0.369 e. The molecule has 1 aliphatic rings. The standard InChI is InChI=1S/C11H17N3/c1-2-13-7-9-14(10-8-13)11-3-5-12-6-4-11/h3-6H,2,7-10H2,1H3. The molecule has 0 aliphatic carbocycles. The van der Waals surface area contributed by atoms with Crippen LogP contribution in [0.2, 0.25) is 0 Å². The van der Waals surface area contributed by atoms with Crippen molar-refractivity contribution >= 4 is 5.69 Å². The van der Waals surface area contributed by atoms with Crippen LogP contribution >= 0.6 is 0 Å². The van der Waals surface area contributed by atoms with Crippen molar-refractivity contribution in [3.05, 3.63) is 24.5 Å². The van der Waals surface area contributed by atoms with Crippen LogP contribution in [0.5, 0.6) is 0 Å². The molecule has 0 saturated carbocycles. The number of pyridine rings is 1. The van der Waals surface area contributed by atoms with Gasteiger partial charge in [-0.1, -0.05) is 6.92 Å². The lowest BCUT2D eigenvalue weighted by molar-refractivity contribution is 0.271. The van der Waals surface area contributed by atoms with E-state index in [0.29, 0.717) is 0 Å². The first-order valence-corrected chi connectivity index (χ1v) is 5.27. The van der Waals surface area contributed by atoms with Gasteiger partial charge < -0.3 is 9.80 Å². The SMILES string of the molecule is CCN1CCN(c2ccncc2)CC1. The Balaban J connectivity index is 1.96. The Kier molecular flexibility index (Phi) is 2.99. The van der Waals surface area contributed by atoms with Crippen molar-refractivity contribution in [3.63, 3.8) is 0 Å². The Morgan fingerprint density at radius 1 is 1.14 bits per heavy atom. The van der Waals surface area contributed by atoms with Gasteiger partial charge in [-0.05, 0) is 18.7 Å². The minimum Gasteiger partial charge on any atom is -0.369 e. The van der Waals surface area contributed by atoms with Crippen LogP contribution in [0, 0.1) is 0 Å². The van der Waals surface area contributed by atoms with Crippen LogP contribution in [0.4, 0.5) is 5.69 Å². The van der Waals surface area contributed by atoms with Gasteiger partial charge in [0.2, 0.25) is 0 Å². The molecule has 1 aromatic rings. The third-order valence-corrected chi connectivity index (χ3v) is 2.85. The van der Waals surface area contributed by atoms with Crippen molar-refractivity contribution in [2.24, 2.45) is 0 Å². The van der Waals surface area contributed by atoms with Gasteiger partial charge in [-0.25, -0.2) is 0 Å². The van der Waals surface area contributed by atoms with Crippen molar-refractivity contribution in [1.29, 1.82) is 0 Å². The van der Waals surface area contributed by atoms with Crippen molar-refractivity contribution in [2.75, 3.05) is 37.6 Å². The van der Waals surface area contributed by atoms with E-state index in [2.05, 4.69) is 33.8 Å². The van der Waals surface area contributed by atoms with Gasteiger partial charge in [-0.2, -0.15) is 0 Å². The molecule has 1 fully saturated rings. The van der Waals surface area contributed by atoms with Crippen LogP contribution in [0.3, 0.4) is 0 Å². The summed E-state index contributed by atoms with van der Waals surface area (Å²) in [4.78, 5) is 8.94. The van der Waals surface area contributed by atoms with E-state index in [-0.39, 0.29) is 0 Å². The van der Waals surface area contributed by atoms with Crippen LogP contribution < -0.4 is 4.90 Å². The van der Waals surface area contributed by atoms with E-state index in [1.807, 2.05) is 12.4 Å². The molecule has 3 heteroatoms. The average Bonchev–Trinajstić information content (AvgIpc) is 2.30. The summed E-state index contributed by atoms with van der Waals surface area (Å²) >= 11 is 0. The predicted octanol–water partition coefficient (Wildman–Crippen LogP) is 1.22. The van der Waals surface area contributed by atoms with E-state index < -0.39 is 0 Å². The zero-order valence-electron chi connectivity index (χ0n) is 8.69. The van der Waals surface area contributed by atoms with Gasteiger partial charge in [-0.3, -0.25) is 4.98 Å². The minimum absolute atomic E-state index is 1.14. The van der Waals surface area contributed by atoms with Crippen molar-refractivity contribution < 1.29 is 0 Å². The molecule has 2 heterocycles. The van der Waals surface area contributed by atoms with Crippen LogP contribution in [0.15, 0.2) is 24.5 Å². The number of rotatable bonds is 2. The lowest BCUT2D eigenvalue weighted by Crippen LogP contribution is -2.46. The first-order valence-electron chi connectivity index (χ1n) is 5.27. The molecule has 1 saturated heterocycles. The Bertz CT molecular complexity index is 265. The molecule has 1 aliphatic heterocycles. The van der Waals surface area contributed by atoms with Gasteiger partial charge in [-0.15, -0.1) is 0 Å². The molecule has 0 bridgehead atoms. The summed E-state index contributed by atoms with van der Waals surface area (Å²) < 4.78 is 0. The quantitative estimate of drug-likeness (QED) is 0.700. The van der Waals surface area contributed by atoms with Gasteiger partial charge in [0.1, 0.15) is 0 Å². The first kappa shape index (κ1) is 9.46. The molecule has 0 amide bonds. The maximum atomic E-state index is 4.03. The average molecular weight is 191 g/mol. The van der Waals surface area contributed by atoms with Gasteiger partial charge in [0.25, 0.3) is 0 Å². The topological polar surface area (TPSA) is 19.4 Å². The van der Waals surface area contributed by atoms with Gasteiger partial charge in [0.15, 0.2) is 0 Å². The Hall–Kier alpha value is -1.09. The summed E-state index contributed by atoms with van der Waals surface area (Å²) in [6, 6.07) is 4.17. The van der Waals surface area contributed by atoms with Crippen LogP contribution in [-0.2, 0) is 0 Å². The third-order valence-electron chi connectivity index (χ3n) is 2.85. The number of likely N-dealkylation sites (N-methyl/N-ethyl adjacent to an activating group) is 1. The van der Waals surface area contributed by atoms with Crippen LogP contribution in [0.1, 0.15) is 6.92 Å². The fourth-order valence-corrected chi connectivity index (χ4v) is 1.88. The number of hydrogen-bond donors (Lipinski definition) is 0. The van der Waals surface area contributed by atoms with E-state index >= 15 is 0 Å². The summed E-state index contributed by atoms with van der Waals surface area (Å²) in [6.07, 6.45) is 3.73. The monoisotopic (exact) mass is 191 g/mol. The number of piperazine rings is 1. The number of anilines is 1. The van der Waals surface area contributed by atoms with E-state index in [0.717, 1.165) is 13.1 Å². The summed E-state index contributed by atoms with van der Waals surface area (Å²) in [5.74, 6) is 0. The summed E-state index contributed by atoms with van der Waals surface area (Å²) in [5.41, 5.74) is 1.30. The zero-order chi connectivity index (χ0) is 9.80. The number of aromatic nitrogens is 1. The molecule has 0 N–H and O–H groups in total. The molecule has 2 rings (SSSR count). The minimum atomic E-state index is 1.14. The second-order valence-corrected chi connectivity index (χ2v) is 3.63. The summed E-state index contributed by atoms with van der Waals surface area (Å²) in [5, 5.41) is 0. The highest BCUT2D eigenvalue weighted by Crippen LogP contribution is 2.14. The Labute approximate surface area is 85.4 Å². The molecule has 0 spiro atoms. The maximum absolute atomic E-state index is 4.03. The molecule has 0 radical (unpaired) electrons. The molecule has 1 aromatic heterocycles. The summed E-state index contributed by atoms with van der Waals surface area (Å²) in [7, 11) is 0. The molecule has 3 nitrogen and oxygen atoms in total. The van der Waals surface area contributed by atoms with E-state index in [4.69, 9.17) is 0 Å². The lowest BCUT2D eigenvalue weighted by atomic mass is 10.2. The van der Waals surface area contributed by atoms with Crippen molar-refractivity contribution in [1.82, 2.24) is 9.88 Å².